The summed E-state index contributed by atoms with van der Waals surface area (Å²) in [4.78, 5) is 11.6. The minimum absolute atomic E-state index is 0.361. The highest BCUT2D eigenvalue weighted by Gasteiger charge is 2.06. The monoisotopic (exact) mass is 249 g/mol. The molecule has 1 N–H and O–H groups in total. The van der Waals surface area contributed by atoms with Crippen molar-refractivity contribution in [2.45, 2.75) is 46.5 Å². The fourth-order valence-corrected chi connectivity index (χ4v) is 1.73. The third kappa shape index (κ3) is 4.78. The zero-order valence-corrected chi connectivity index (χ0v) is 11.6. The summed E-state index contributed by atoms with van der Waals surface area (Å²) in [6.45, 7) is 6.67. The van der Waals surface area contributed by atoms with E-state index in [1.807, 2.05) is 32.0 Å². The largest absolute Gasteiger partial charge is 0.449 e. The summed E-state index contributed by atoms with van der Waals surface area (Å²) < 4.78 is 5.14. The molecule has 0 fully saturated rings. The van der Waals surface area contributed by atoms with Crippen LogP contribution in [0.15, 0.2) is 18.2 Å². The van der Waals surface area contributed by atoms with Gasteiger partial charge >= 0.3 is 6.09 Å². The highest BCUT2D eigenvalue weighted by Crippen LogP contribution is 2.18. The van der Waals surface area contributed by atoms with Crippen LogP contribution < -0.4 is 5.32 Å². The van der Waals surface area contributed by atoms with Gasteiger partial charge in [-0.05, 0) is 37.5 Å². The number of nitrogens with one attached hydrogen (secondary N) is 1. The van der Waals surface area contributed by atoms with E-state index in [0.29, 0.717) is 6.61 Å². The minimum atomic E-state index is -0.361. The molecule has 1 aromatic rings. The van der Waals surface area contributed by atoms with E-state index in [4.69, 9.17) is 4.74 Å². The van der Waals surface area contributed by atoms with Crippen LogP contribution in [-0.4, -0.2) is 12.7 Å². The summed E-state index contributed by atoms with van der Waals surface area (Å²) in [5, 5.41) is 2.78. The molecule has 1 rings (SSSR count). The van der Waals surface area contributed by atoms with Crippen molar-refractivity contribution in [1.82, 2.24) is 0 Å². The first-order valence-corrected chi connectivity index (χ1v) is 6.65. The Bertz CT molecular complexity index is 388. The molecule has 0 heterocycles. The maximum atomic E-state index is 11.6. The smallest absolute Gasteiger partial charge is 0.411 e. The summed E-state index contributed by atoms with van der Waals surface area (Å²) >= 11 is 0. The predicted octanol–water partition coefficient (Wildman–Crippen LogP) is 4.43. The van der Waals surface area contributed by atoms with Crippen LogP contribution in [-0.2, 0) is 4.74 Å². The molecule has 0 radical (unpaired) electrons. The van der Waals surface area contributed by atoms with Gasteiger partial charge in [0.05, 0.1) is 6.61 Å². The van der Waals surface area contributed by atoms with Crippen molar-refractivity contribution in [1.29, 1.82) is 0 Å². The van der Waals surface area contributed by atoms with Gasteiger partial charge in [-0.3, -0.25) is 5.32 Å². The zero-order valence-electron chi connectivity index (χ0n) is 11.6. The number of carbonyl (C=O) groups is 1. The summed E-state index contributed by atoms with van der Waals surface area (Å²) in [5.74, 6) is 0. The number of hydrogen-bond acceptors (Lipinski definition) is 2. The summed E-state index contributed by atoms with van der Waals surface area (Å²) in [6.07, 6.45) is 4.08. The van der Waals surface area contributed by atoms with Crippen molar-refractivity contribution < 1.29 is 9.53 Å². The molecule has 1 aromatic carbocycles. The van der Waals surface area contributed by atoms with Crippen LogP contribution in [0.2, 0.25) is 0 Å². The average Bonchev–Trinajstić information content (AvgIpc) is 2.35. The molecule has 100 valence electrons. The van der Waals surface area contributed by atoms with Gasteiger partial charge in [-0.2, -0.15) is 0 Å². The first kappa shape index (κ1) is 14.6. The van der Waals surface area contributed by atoms with E-state index in [1.54, 1.807) is 0 Å². The topological polar surface area (TPSA) is 38.3 Å². The van der Waals surface area contributed by atoms with E-state index in [9.17, 15) is 4.79 Å². The molecule has 3 nitrogen and oxygen atoms in total. The van der Waals surface area contributed by atoms with Gasteiger partial charge in [0.15, 0.2) is 0 Å². The molecule has 0 saturated heterocycles. The molecule has 0 spiro atoms. The Hall–Kier alpha value is -1.51. The normalized spacial score (nSPS) is 10.2. The molecule has 0 bridgehead atoms. The first-order chi connectivity index (χ1) is 8.65. The Kier molecular flexibility index (Phi) is 6.26. The second-order valence-corrected chi connectivity index (χ2v) is 4.57. The lowest BCUT2D eigenvalue weighted by Gasteiger charge is -2.10. The third-order valence-corrected chi connectivity index (χ3v) is 3.07. The zero-order chi connectivity index (χ0) is 13.4. The molecule has 3 heteroatoms. The van der Waals surface area contributed by atoms with Crippen LogP contribution in [0, 0.1) is 13.8 Å². The number of benzene rings is 1. The van der Waals surface area contributed by atoms with Gasteiger partial charge in [-0.1, -0.05) is 38.3 Å². The Morgan fingerprint density at radius 3 is 2.72 bits per heavy atom. The van der Waals surface area contributed by atoms with Crippen molar-refractivity contribution in [3.63, 3.8) is 0 Å². The average molecular weight is 249 g/mol. The molecule has 0 aliphatic heterocycles. The van der Waals surface area contributed by atoms with Crippen LogP contribution in [0.1, 0.15) is 43.7 Å². The Morgan fingerprint density at radius 2 is 2.00 bits per heavy atom. The van der Waals surface area contributed by atoms with Crippen molar-refractivity contribution in [3.05, 3.63) is 29.3 Å². The Labute approximate surface area is 110 Å². The number of aryl methyl sites for hydroxylation is 1. The second kappa shape index (κ2) is 7.75. The number of amides is 1. The van der Waals surface area contributed by atoms with E-state index >= 15 is 0 Å². The maximum absolute atomic E-state index is 11.6. The van der Waals surface area contributed by atoms with E-state index in [1.165, 1.54) is 12.8 Å². The number of hydrogen-bond donors (Lipinski definition) is 1. The highest BCUT2D eigenvalue weighted by molar-refractivity contribution is 5.85. The number of unbranched alkanes of at least 4 members (excludes halogenated alkanes) is 3. The summed E-state index contributed by atoms with van der Waals surface area (Å²) in [7, 11) is 0. The molecule has 0 unspecified atom stereocenters. The van der Waals surface area contributed by atoms with Gasteiger partial charge in [0.1, 0.15) is 0 Å². The van der Waals surface area contributed by atoms with Crippen LogP contribution in [0.3, 0.4) is 0 Å². The van der Waals surface area contributed by atoms with Gasteiger partial charge in [0.25, 0.3) is 0 Å². The predicted molar refractivity (Wildman–Crippen MR) is 75.0 cm³/mol. The summed E-state index contributed by atoms with van der Waals surface area (Å²) in [6, 6.07) is 5.84. The number of carbonyl (C=O) groups excluding carboxylic acids is 1. The van der Waals surface area contributed by atoms with Gasteiger partial charge in [0.2, 0.25) is 0 Å². The van der Waals surface area contributed by atoms with Crippen LogP contribution in [0.5, 0.6) is 0 Å². The van der Waals surface area contributed by atoms with E-state index in [-0.39, 0.29) is 6.09 Å². The van der Waals surface area contributed by atoms with Crippen molar-refractivity contribution in [2.75, 3.05) is 11.9 Å². The fraction of sp³-hybridized carbons (Fsp3) is 0.533. The van der Waals surface area contributed by atoms with Crippen LogP contribution in [0.25, 0.3) is 0 Å². The number of ether oxygens (including phenoxy) is 1. The standard InChI is InChI=1S/C15H23NO2/c1-4-5-6-7-11-18-15(17)16-14-10-8-9-12(2)13(14)3/h8-10H,4-7,11H2,1-3H3,(H,16,17). The lowest BCUT2D eigenvalue weighted by atomic mass is 10.1. The minimum Gasteiger partial charge on any atom is -0.449 e. The van der Waals surface area contributed by atoms with Crippen molar-refractivity contribution in [3.8, 4) is 0 Å². The maximum Gasteiger partial charge on any atom is 0.411 e. The van der Waals surface area contributed by atoms with E-state index in [2.05, 4.69) is 12.2 Å². The fourth-order valence-electron chi connectivity index (χ4n) is 1.73. The van der Waals surface area contributed by atoms with Crippen molar-refractivity contribution in [2.24, 2.45) is 0 Å². The lowest BCUT2D eigenvalue weighted by Crippen LogP contribution is -2.15. The Morgan fingerprint density at radius 1 is 1.22 bits per heavy atom. The molecular weight excluding hydrogens is 226 g/mol. The summed E-state index contributed by atoms with van der Waals surface area (Å²) in [5.41, 5.74) is 3.07. The van der Waals surface area contributed by atoms with E-state index in [0.717, 1.165) is 29.7 Å². The van der Waals surface area contributed by atoms with Gasteiger partial charge in [0, 0.05) is 5.69 Å². The first-order valence-electron chi connectivity index (χ1n) is 6.65. The molecule has 0 aromatic heterocycles. The van der Waals surface area contributed by atoms with Crippen molar-refractivity contribution >= 4 is 11.8 Å². The highest BCUT2D eigenvalue weighted by atomic mass is 16.5. The molecular formula is C15H23NO2. The number of anilines is 1. The molecule has 0 saturated carbocycles. The molecule has 0 aliphatic carbocycles. The van der Waals surface area contributed by atoms with Gasteiger partial charge in [-0.15, -0.1) is 0 Å². The van der Waals surface area contributed by atoms with Gasteiger partial charge in [-0.25, -0.2) is 4.79 Å². The van der Waals surface area contributed by atoms with Gasteiger partial charge < -0.3 is 4.74 Å². The molecule has 0 aliphatic rings. The third-order valence-electron chi connectivity index (χ3n) is 3.07. The molecule has 1 amide bonds. The van der Waals surface area contributed by atoms with Crippen LogP contribution >= 0.6 is 0 Å². The second-order valence-electron chi connectivity index (χ2n) is 4.57. The quantitative estimate of drug-likeness (QED) is 0.757. The SMILES string of the molecule is CCCCCCOC(=O)Nc1cccc(C)c1C. The van der Waals surface area contributed by atoms with E-state index < -0.39 is 0 Å². The van der Waals surface area contributed by atoms with Crippen LogP contribution in [0.4, 0.5) is 10.5 Å². The Balaban J connectivity index is 2.34. The molecule has 18 heavy (non-hydrogen) atoms. The number of rotatable bonds is 6. The molecule has 0 atom stereocenters. The lowest BCUT2D eigenvalue weighted by molar-refractivity contribution is 0.159.